The maximum absolute atomic E-state index is 5.77. The lowest BCUT2D eigenvalue weighted by atomic mass is 10.0. The number of hydrogen-bond donors (Lipinski definition) is 2. The lowest BCUT2D eigenvalue weighted by molar-refractivity contribution is -0.00620. The summed E-state index contributed by atoms with van der Waals surface area (Å²) in [7, 11) is 1.71. The number of anilines is 1. The van der Waals surface area contributed by atoms with Crippen LogP contribution in [0.25, 0.3) is 0 Å². The first-order valence-electron chi connectivity index (χ1n) is 6.03. The van der Waals surface area contributed by atoms with Crippen LogP contribution in [0.1, 0.15) is 12.0 Å². The number of nitrogens with two attached hydrogens (primary N) is 1. The zero-order valence-corrected chi connectivity index (χ0v) is 13.1. The van der Waals surface area contributed by atoms with E-state index in [-0.39, 0.29) is 5.60 Å². The third kappa shape index (κ3) is 3.25. The van der Waals surface area contributed by atoms with Gasteiger partial charge in [-0.2, -0.15) is 0 Å². The van der Waals surface area contributed by atoms with Gasteiger partial charge in [0.25, 0.3) is 0 Å². The van der Waals surface area contributed by atoms with Crippen molar-refractivity contribution in [3.05, 3.63) is 28.2 Å². The number of halogens is 1. The number of rotatable bonds is 5. The Morgan fingerprint density at radius 3 is 3.00 bits per heavy atom. The quantitative estimate of drug-likeness (QED) is 0.802. The third-order valence-corrected chi connectivity index (χ3v) is 4.23. The summed E-state index contributed by atoms with van der Waals surface area (Å²) in [5.74, 6) is 0. The molecule has 6 heteroatoms. The van der Waals surface area contributed by atoms with Crippen molar-refractivity contribution < 1.29 is 9.47 Å². The molecule has 1 aliphatic heterocycles. The minimum absolute atomic E-state index is 0.268. The van der Waals surface area contributed by atoms with Crippen molar-refractivity contribution in [2.24, 2.45) is 5.73 Å². The summed E-state index contributed by atoms with van der Waals surface area (Å²) in [6, 6.07) is 5.82. The average molecular weight is 345 g/mol. The van der Waals surface area contributed by atoms with Crippen LogP contribution < -0.4 is 11.1 Å². The van der Waals surface area contributed by atoms with E-state index in [0.29, 0.717) is 18.1 Å². The number of methoxy groups -OCH3 is 1. The zero-order chi connectivity index (χ0) is 13.9. The smallest absolute Gasteiger partial charge is 0.110 e. The van der Waals surface area contributed by atoms with Gasteiger partial charge in [0.1, 0.15) is 10.6 Å². The Labute approximate surface area is 126 Å². The van der Waals surface area contributed by atoms with Crippen molar-refractivity contribution in [3.63, 3.8) is 0 Å². The number of thiocarbonyl (C=S) groups is 1. The molecule has 0 aliphatic carbocycles. The van der Waals surface area contributed by atoms with Crippen LogP contribution in [0.4, 0.5) is 5.69 Å². The lowest BCUT2D eigenvalue weighted by Crippen LogP contribution is -2.39. The highest BCUT2D eigenvalue weighted by atomic mass is 79.9. The van der Waals surface area contributed by atoms with E-state index in [4.69, 9.17) is 27.4 Å². The van der Waals surface area contributed by atoms with E-state index < -0.39 is 0 Å². The molecule has 0 amide bonds. The molecule has 0 saturated carbocycles. The van der Waals surface area contributed by atoms with E-state index in [9.17, 15) is 0 Å². The summed E-state index contributed by atoms with van der Waals surface area (Å²) in [6.07, 6.45) is 0.882. The maximum Gasteiger partial charge on any atom is 0.110 e. The first-order valence-corrected chi connectivity index (χ1v) is 7.23. The Bertz CT molecular complexity index is 476. The Balaban J connectivity index is 2.15. The molecule has 1 atom stereocenters. The van der Waals surface area contributed by atoms with Gasteiger partial charge in [0.2, 0.25) is 0 Å². The number of nitrogens with one attached hydrogen (secondary N) is 1. The molecule has 1 aromatic carbocycles. The largest absolute Gasteiger partial charge is 0.389 e. The van der Waals surface area contributed by atoms with Crippen molar-refractivity contribution in [1.82, 2.24) is 0 Å². The molecule has 1 heterocycles. The Morgan fingerprint density at radius 2 is 2.42 bits per heavy atom. The van der Waals surface area contributed by atoms with Crippen molar-refractivity contribution in [2.45, 2.75) is 12.0 Å². The molecule has 1 unspecified atom stereocenters. The van der Waals surface area contributed by atoms with Crippen LogP contribution in [0.2, 0.25) is 0 Å². The van der Waals surface area contributed by atoms with Gasteiger partial charge in [0.05, 0.1) is 6.61 Å². The van der Waals surface area contributed by atoms with E-state index in [2.05, 4.69) is 21.2 Å². The summed E-state index contributed by atoms with van der Waals surface area (Å²) in [4.78, 5) is 0.365. The van der Waals surface area contributed by atoms with Crippen LogP contribution >= 0.6 is 28.1 Å². The lowest BCUT2D eigenvalue weighted by Gasteiger charge is -2.27. The highest BCUT2D eigenvalue weighted by molar-refractivity contribution is 9.10. The molecule has 3 N–H and O–H groups in total. The number of ether oxygens (including phenoxy) is 2. The average Bonchev–Trinajstić information content (AvgIpc) is 2.85. The van der Waals surface area contributed by atoms with Crippen LogP contribution in [0.15, 0.2) is 22.7 Å². The van der Waals surface area contributed by atoms with Gasteiger partial charge in [-0.25, -0.2) is 0 Å². The minimum atomic E-state index is -0.268. The molecule has 0 aromatic heterocycles. The summed E-state index contributed by atoms with van der Waals surface area (Å²) in [6.45, 7) is 2.00. The standard InChI is InChI=1S/C13H17BrN2O2S/c1-17-13(5-6-18-8-13)7-16-10-4-2-3-9(14)11(10)12(15)19/h2-4,16H,5-8H2,1H3,(H2,15,19). The van der Waals surface area contributed by atoms with Gasteiger partial charge >= 0.3 is 0 Å². The topological polar surface area (TPSA) is 56.5 Å². The molecular weight excluding hydrogens is 328 g/mol. The highest BCUT2D eigenvalue weighted by Gasteiger charge is 2.34. The van der Waals surface area contributed by atoms with E-state index in [1.165, 1.54) is 0 Å². The predicted molar refractivity (Wildman–Crippen MR) is 83.7 cm³/mol. The summed E-state index contributed by atoms with van der Waals surface area (Å²) in [5, 5.41) is 3.37. The monoisotopic (exact) mass is 344 g/mol. The first-order chi connectivity index (χ1) is 9.08. The molecule has 1 saturated heterocycles. The zero-order valence-electron chi connectivity index (χ0n) is 10.7. The second kappa shape index (κ2) is 6.17. The Hall–Kier alpha value is -0.690. The Kier molecular flexibility index (Phi) is 4.78. The van der Waals surface area contributed by atoms with E-state index in [0.717, 1.165) is 28.8 Å². The van der Waals surface area contributed by atoms with Crippen LogP contribution in [-0.2, 0) is 9.47 Å². The fraction of sp³-hybridized carbons (Fsp3) is 0.462. The molecule has 2 rings (SSSR count). The number of hydrogen-bond acceptors (Lipinski definition) is 4. The van der Waals surface area contributed by atoms with Gasteiger partial charge in [-0.15, -0.1) is 0 Å². The van der Waals surface area contributed by atoms with Gasteiger partial charge in [0.15, 0.2) is 0 Å². The van der Waals surface area contributed by atoms with Crippen molar-refractivity contribution >= 4 is 38.8 Å². The minimum Gasteiger partial charge on any atom is -0.389 e. The number of benzene rings is 1. The maximum atomic E-state index is 5.77. The summed E-state index contributed by atoms with van der Waals surface area (Å²) >= 11 is 8.56. The first kappa shape index (κ1) is 14.7. The molecule has 19 heavy (non-hydrogen) atoms. The van der Waals surface area contributed by atoms with Crippen LogP contribution in [-0.4, -0.2) is 37.5 Å². The third-order valence-electron chi connectivity index (χ3n) is 3.36. The van der Waals surface area contributed by atoms with Gasteiger partial charge in [-0.3, -0.25) is 0 Å². The molecule has 104 valence electrons. The predicted octanol–water partition coefficient (Wildman–Crippen LogP) is 2.30. The summed E-state index contributed by atoms with van der Waals surface area (Å²) in [5.41, 5.74) is 7.23. The second-order valence-electron chi connectivity index (χ2n) is 4.57. The fourth-order valence-corrected chi connectivity index (χ4v) is 3.07. The molecule has 1 aliphatic rings. The second-order valence-corrected chi connectivity index (χ2v) is 5.86. The van der Waals surface area contributed by atoms with Crippen molar-refractivity contribution in [3.8, 4) is 0 Å². The highest BCUT2D eigenvalue weighted by Crippen LogP contribution is 2.27. The molecule has 1 aromatic rings. The Morgan fingerprint density at radius 1 is 1.63 bits per heavy atom. The van der Waals surface area contributed by atoms with Gasteiger partial charge in [0, 0.05) is 42.4 Å². The van der Waals surface area contributed by atoms with Crippen molar-refractivity contribution in [1.29, 1.82) is 0 Å². The van der Waals surface area contributed by atoms with Crippen molar-refractivity contribution in [2.75, 3.05) is 32.2 Å². The molecule has 0 bridgehead atoms. The molecule has 4 nitrogen and oxygen atoms in total. The summed E-state index contributed by atoms with van der Waals surface area (Å²) < 4.78 is 11.9. The van der Waals surface area contributed by atoms with E-state index >= 15 is 0 Å². The normalized spacial score (nSPS) is 22.4. The molecular formula is C13H17BrN2O2S. The SMILES string of the molecule is COC1(CNc2cccc(Br)c2C(N)=S)CCOC1. The fourth-order valence-electron chi connectivity index (χ4n) is 2.14. The molecule has 0 radical (unpaired) electrons. The van der Waals surface area contributed by atoms with E-state index in [1.54, 1.807) is 7.11 Å². The van der Waals surface area contributed by atoms with Crippen LogP contribution in [0.3, 0.4) is 0 Å². The van der Waals surface area contributed by atoms with E-state index in [1.807, 2.05) is 18.2 Å². The van der Waals surface area contributed by atoms with Gasteiger partial charge in [-0.05, 0) is 28.1 Å². The molecule has 0 spiro atoms. The van der Waals surface area contributed by atoms with Gasteiger partial charge < -0.3 is 20.5 Å². The molecule has 1 fully saturated rings. The van der Waals surface area contributed by atoms with Crippen LogP contribution in [0, 0.1) is 0 Å². The van der Waals surface area contributed by atoms with Crippen LogP contribution in [0.5, 0.6) is 0 Å². The van der Waals surface area contributed by atoms with Gasteiger partial charge in [-0.1, -0.05) is 18.3 Å².